The number of nitrogens with zero attached hydrogens (tertiary/aromatic N) is 5. The molecule has 1 aliphatic rings. The molecule has 128 valence electrons. The second-order valence-electron chi connectivity index (χ2n) is 5.87. The molecule has 0 aliphatic carbocycles. The van der Waals surface area contributed by atoms with Gasteiger partial charge < -0.3 is 19.8 Å². The summed E-state index contributed by atoms with van der Waals surface area (Å²) >= 11 is 0. The monoisotopic (exact) mass is 331 g/mol. The Morgan fingerprint density at radius 2 is 1.88 bits per heavy atom. The van der Waals surface area contributed by atoms with Crippen LogP contribution in [0.15, 0.2) is 30.6 Å². The van der Waals surface area contributed by atoms with Crippen LogP contribution in [0.5, 0.6) is 5.75 Å². The van der Waals surface area contributed by atoms with Gasteiger partial charge in [-0.05, 0) is 27.6 Å². The Kier molecular flexibility index (Phi) is 4.66. The number of methoxy groups -OCH3 is 1. The second kappa shape index (κ2) is 6.88. The minimum Gasteiger partial charge on any atom is -0.497 e. The summed E-state index contributed by atoms with van der Waals surface area (Å²) < 4.78 is 6.89. The number of rotatable bonds is 5. The molecule has 0 unspecified atom stereocenters. The summed E-state index contributed by atoms with van der Waals surface area (Å²) in [5.41, 5.74) is 1.23. The normalized spacial score (nSPS) is 15.5. The first-order chi connectivity index (χ1) is 11.6. The zero-order valence-electron chi connectivity index (χ0n) is 13.9. The van der Waals surface area contributed by atoms with Crippen LogP contribution in [-0.2, 0) is 13.6 Å². The van der Waals surface area contributed by atoms with Crippen LogP contribution in [-0.4, -0.2) is 52.7 Å². The molecule has 0 amide bonds. The van der Waals surface area contributed by atoms with E-state index in [1.807, 2.05) is 17.0 Å². The molecule has 24 heavy (non-hydrogen) atoms. The van der Waals surface area contributed by atoms with Crippen molar-refractivity contribution in [3.8, 4) is 5.75 Å². The highest BCUT2D eigenvalue weighted by Gasteiger charge is 2.28. The highest BCUT2D eigenvalue weighted by Crippen LogP contribution is 2.27. The molecule has 0 saturated carbocycles. The Morgan fingerprint density at radius 1 is 1.21 bits per heavy atom. The smallest absolute Gasteiger partial charge is 0.406 e. The molecule has 3 rings (SSSR count). The van der Waals surface area contributed by atoms with Crippen LogP contribution in [0.4, 0.5) is 11.6 Å². The summed E-state index contributed by atoms with van der Waals surface area (Å²) in [5, 5.41) is 11.1. The van der Waals surface area contributed by atoms with Gasteiger partial charge in [0.05, 0.1) is 7.11 Å². The van der Waals surface area contributed by atoms with E-state index in [-0.39, 0.29) is 5.82 Å². The number of aromatic nitrogens is 2. The first-order valence-corrected chi connectivity index (χ1v) is 7.84. The number of ether oxygens (including phenoxy) is 1. The zero-order chi connectivity index (χ0) is 17.1. The van der Waals surface area contributed by atoms with Crippen LogP contribution >= 0.6 is 0 Å². The number of hydrogen-bond donors (Lipinski definition) is 0. The zero-order valence-corrected chi connectivity index (χ0v) is 13.9. The summed E-state index contributed by atoms with van der Waals surface area (Å²) in [6.07, 6.45) is 1.50. The van der Waals surface area contributed by atoms with Crippen LogP contribution in [0.2, 0.25) is 0 Å². The van der Waals surface area contributed by atoms with E-state index in [4.69, 9.17) is 4.74 Å². The van der Waals surface area contributed by atoms with Gasteiger partial charge in [0.15, 0.2) is 0 Å². The van der Waals surface area contributed by atoms with Crippen molar-refractivity contribution in [2.75, 3.05) is 38.2 Å². The van der Waals surface area contributed by atoms with Crippen LogP contribution in [0.25, 0.3) is 0 Å². The van der Waals surface area contributed by atoms with Gasteiger partial charge in [-0.15, -0.1) is 0 Å². The average molecular weight is 331 g/mol. The van der Waals surface area contributed by atoms with Crippen LogP contribution in [0, 0.1) is 10.1 Å². The maximum atomic E-state index is 11.1. The maximum Gasteiger partial charge on any atom is 0.406 e. The lowest BCUT2D eigenvalue weighted by molar-refractivity contribution is -0.388. The maximum absolute atomic E-state index is 11.1. The van der Waals surface area contributed by atoms with E-state index in [0.717, 1.165) is 38.5 Å². The number of anilines is 1. The Hall–Kier alpha value is -2.61. The number of nitro groups is 1. The highest BCUT2D eigenvalue weighted by molar-refractivity contribution is 5.54. The van der Waals surface area contributed by atoms with Gasteiger partial charge >= 0.3 is 5.82 Å². The minimum absolute atomic E-state index is 0.0684. The van der Waals surface area contributed by atoms with Gasteiger partial charge in [0, 0.05) is 39.8 Å². The van der Waals surface area contributed by atoms with Crippen molar-refractivity contribution in [3.63, 3.8) is 0 Å². The lowest BCUT2D eigenvalue weighted by Gasteiger charge is -2.35. The first-order valence-electron chi connectivity index (χ1n) is 7.84. The van der Waals surface area contributed by atoms with E-state index in [0.29, 0.717) is 5.82 Å². The van der Waals surface area contributed by atoms with Crippen LogP contribution < -0.4 is 9.64 Å². The minimum atomic E-state index is -0.418. The van der Waals surface area contributed by atoms with Crippen molar-refractivity contribution in [2.24, 2.45) is 7.05 Å². The molecule has 1 aromatic heterocycles. The van der Waals surface area contributed by atoms with E-state index < -0.39 is 4.92 Å². The van der Waals surface area contributed by atoms with Gasteiger partial charge in [-0.1, -0.05) is 12.1 Å². The Bertz CT molecular complexity index is 705. The summed E-state index contributed by atoms with van der Waals surface area (Å²) in [4.78, 5) is 19.0. The summed E-state index contributed by atoms with van der Waals surface area (Å²) in [7, 11) is 3.45. The predicted molar refractivity (Wildman–Crippen MR) is 90.3 cm³/mol. The molecule has 8 nitrogen and oxygen atoms in total. The number of benzene rings is 1. The Morgan fingerprint density at radius 3 is 2.46 bits per heavy atom. The standard InChI is InChI=1S/C16H21N5O3/c1-18-12-17-15(21(22)23)16(18)20-9-7-19(8-10-20)11-13-3-5-14(24-2)6-4-13/h3-6,12H,7-11H2,1-2H3. The molecular formula is C16H21N5O3. The van der Waals surface area contributed by atoms with Crippen molar-refractivity contribution in [1.82, 2.24) is 14.5 Å². The largest absolute Gasteiger partial charge is 0.497 e. The van der Waals surface area contributed by atoms with E-state index in [1.165, 1.54) is 11.9 Å². The van der Waals surface area contributed by atoms with Gasteiger partial charge in [-0.3, -0.25) is 9.47 Å². The molecule has 1 fully saturated rings. The highest BCUT2D eigenvalue weighted by atomic mass is 16.6. The first kappa shape index (κ1) is 16.3. The van der Waals surface area contributed by atoms with E-state index in [1.54, 1.807) is 18.7 Å². The molecule has 8 heteroatoms. The average Bonchev–Trinajstić information content (AvgIpc) is 2.98. The fraction of sp³-hybridized carbons (Fsp3) is 0.438. The van der Waals surface area contributed by atoms with Crippen molar-refractivity contribution < 1.29 is 9.66 Å². The van der Waals surface area contributed by atoms with Crippen molar-refractivity contribution in [2.45, 2.75) is 6.54 Å². The molecule has 0 N–H and O–H groups in total. The predicted octanol–water partition coefficient (Wildman–Crippen LogP) is 1.66. The van der Waals surface area contributed by atoms with Crippen molar-refractivity contribution in [3.05, 3.63) is 46.3 Å². The third-order valence-corrected chi connectivity index (χ3v) is 4.30. The fourth-order valence-electron chi connectivity index (χ4n) is 3.01. The fourth-order valence-corrected chi connectivity index (χ4v) is 3.01. The SMILES string of the molecule is COc1ccc(CN2CCN(c3c([N+](=O)[O-])ncn3C)CC2)cc1. The molecule has 2 aromatic rings. The third kappa shape index (κ3) is 3.33. The lowest BCUT2D eigenvalue weighted by Crippen LogP contribution is -2.46. The van der Waals surface area contributed by atoms with Crippen LogP contribution in [0.1, 0.15) is 5.56 Å². The van der Waals surface area contributed by atoms with Gasteiger partial charge in [0.2, 0.25) is 12.1 Å². The number of aryl methyl sites for hydroxylation is 1. The molecule has 1 aromatic carbocycles. The van der Waals surface area contributed by atoms with Crippen molar-refractivity contribution >= 4 is 11.6 Å². The van der Waals surface area contributed by atoms with E-state index in [2.05, 4.69) is 22.0 Å². The molecule has 0 spiro atoms. The molecule has 1 saturated heterocycles. The van der Waals surface area contributed by atoms with Crippen LogP contribution in [0.3, 0.4) is 0 Å². The lowest BCUT2D eigenvalue weighted by atomic mass is 10.2. The number of imidazole rings is 1. The molecular weight excluding hydrogens is 310 g/mol. The van der Waals surface area contributed by atoms with E-state index in [9.17, 15) is 10.1 Å². The molecule has 0 bridgehead atoms. The second-order valence-corrected chi connectivity index (χ2v) is 5.87. The van der Waals surface area contributed by atoms with Gasteiger partial charge in [0.25, 0.3) is 0 Å². The third-order valence-electron chi connectivity index (χ3n) is 4.30. The van der Waals surface area contributed by atoms with Gasteiger partial charge in [0.1, 0.15) is 5.75 Å². The Labute approximate surface area is 140 Å². The summed E-state index contributed by atoms with van der Waals surface area (Å²) in [6, 6.07) is 8.06. The number of piperazine rings is 1. The summed E-state index contributed by atoms with van der Waals surface area (Å²) in [6.45, 7) is 4.07. The quantitative estimate of drug-likeness (QED) is 0.612. The van der Waals surface area contributed by atoms with Gasteiger partial charge in [-0.2, -0.15) is 0 Å². The van der Waals surface area contributed by atoms with Crippen molar-refractivity contribution in [1.29, 1.82) is 0 Å². The molecule has 2 heterocycles. The molecule has 0 radical (unpaired) electrons. The topological polar surface area (TPSA) is 76.7 Å². The molecule has 0 atom stereocenters. The van der Waals surface area contributed by atoms with Gasteiger partial charge in [-0.25, -0.2) is 0 Å². The van der Waals surface area contributed by atoms with E-state index >= 15 is 0 Å². The Balaban J connectivity index is 1.61. The molecule has 1 aliphatic heterocycles. The summed E-state index contributed by atoms with van der Waals surface area (Å²) in [5.74, 6) is 1.37. The number of hydrogen-bond acceptors (Lipinski definition) is 6.